The lowest BCUT2D eigenvalue weighted by Crippen LogP contribution is -2.58. The van der Waals surface area contributed by atoms with Crippen molar-refractivity contribution in [3.05, 3.63) is 0 Å². The van der Waals surface area contributed by atoms with E-state index < -0.39 is 49.3 Å². The molecule has 1 heterocycles. The van der Waals surface area contributed by atoms with E-state index in [1.165, 1.54) is 6.92 Å². The highest BCUT2D eigenvalue weighted by atomic mass is 16.5. The molecule has 0 aromatic heterocycles. The Morgan fingerprint density at radius 1 is 1.00 bits per heavy atom. The number of hydrogen-bond donors (Lipinski definition) is 6. The molecule has 1 aliphatic rings. The summed E-state index contributed by atoms with van der Waals surface area (Å²) in [5.74, 6) is 0. The Morgan fingerprint density at radius 2 is 1.58 bits per heavy atom. The fraction of sp³-hybridized carbons (Fsp3) is 1.00. The lowest BCUT2D eigenvalue weighted by molar-refractivity contribution is -0.230. The first kappa shape index (κ1) is 16.8. The first-order valence-corrected chi connectivity index (χ1v) is 6.55. The molecule has 0 bridgehead atoms. The second-order valence-electron chi connectivity index (χ2n) is 5.11. The zero-order valence-corrected chi connectivity index (χ0v) is 11.0. The van der Waals surface area contributed by atoms with E-state index in [4.69, 9.17) is 14.9 Å². The van der Waals surface area contributed by atoms with Crippen LogP contribution in [0.2, 0.25) is 0 Å². The van der Waals surface area contributed by atoms with Gasteiger partial charge in [0.2, 0.25) is 0 Å². The van der Waals surface area contributed by atoms with Gasteiger partial charge in [-0.3, -0.25) is 0 Å². The van der Waals surface area contributed by atoms with E-state index in [-0.39, 0.29) is 0 Å². The predicted octanol–water partition coefficient (Wildman–Crippen LogP) is -2.26. The normalized spacial score (nSPS) is 39.0. The van der Waals surface area contributed by atoms with Crippen molar-refractivity contribution in [2.45, 2.75) is 68.9 Å². The quantitative estimate of drug-likeness (QED) is 0.324. The Bertz CT molecular complexity index is 258. The van der Waals surface area contributed by atoms with Crippen molar-refractivity contribution in [1.29, 1.82) is 0 Å². The van der Waals surface area contributed by atoms with Crippen LogP contribution in [0.3, 0.4) is 0 Å². The van der Waals surface area contributed by atoms with E-state index >= 15 is 0 Å². The van der Waals surface area contributed by atoms with Gasteiger partial charge >= 0.3 is 0 Å². The molecular weight excluding hydrogens is 256 g/mol. The van der Waals surface area contributed by atoms with E-state index in [0.717, 1.165) is 0 Å². The van der Waals surface area contributed by atoms with Crippen LogP contribution in [-0.4, -0.2) is 80.0 Å². The standard InChI is InChI=1S/C12H24O7/c1-6(14)7(15)3-2-4-8-10(16)12(18)11(17)9(5-13)19-8/h6-18H,2-5H2,1H3. The van der Waals surface area contributed by atoms with Crippen molar-refractivity contribution in [3.8, 4) is 0 Å². The lowest BCUT2D eigenvalue weighted by atomic mass is 9.92. The lowest BCUT2D eigenvalue weighted by Gasteiger charge is -2.40. The summed E-state index contributed by atoms with van der Waals surface area (Å²) in [5.41, 5.74) is 0. The maximum absolute atomic E-state index is 9.77. The molecule has 1 aliphatic heterocycles. The minimum atomic E-state index is -1.36. The average Bonchev–Trinajstić information content (AvgIpc) is 2.38. The molecule has 19 heavy (non-hydrogen) atoms. The zero-order chi connectivity index (χ0) is 14.6. The van der Waals surface area contributed by atoms with E-state index in [0.29, 0.717) is 19.3 Å². The molecule has 0 amide bonds. The molecule has 6 N–H and O–H groups in total. The van der Waals surface area contributed by atoms with Crippen molar-refractivity contribution in [3.63, 3.8) is 0 Å². The molecule has 0 spiro atoms. The molecule has 1 rings (SSSR count). The summed E-state index contributed by atoms with van der Waals surface area (Å²) in [6.07, 6.45) is -6.05. The summed E-state index contributed by atoms with van der Waals surface area (Å²) in [4.78, 5) is 0. The SMILES string of the molecule is CC(O)C(O)CCCC1OC(CO)C(O)C(O)C1O. The monoisotopic (exact) mass is 280 g/mol. The maximum atomic E-state index is 9.77. The van der Waals surface area contributed by atoms with Gasteiger partial charge in [0.15, 0.2) is 0 Å². The number of rotatable bonds is 6. The minimum absolute atomic E-state index is 0.340. The molecular formula is C12H24O7. The van der Waals surface area contributed by atoms with Gasteiger partial charge in [-0.25, -0.2) is 0 Å². The van der Waals surface area contributed by atoms with Gasteiger partial charge in [-0.1, -0.05) is 0 Å². The molecule has 7 atom stereocenters. The van der Waals surface area contributed by atoms with Crippen LogP contribution in [0.4, 0.5) is 0 Å². The fourth-order valence-corrected chi connectivity index (χ4v) is 2.19. The molecule has 0 radical (unpaired) electrons. The molecule has 7 nitrogen and oxygen atoms in total. The van der Waals surface area contributed by atoms with Crippen LogP contribution in [-0.2, 0) is 4.74 Å². The molecule has 0 aromatic rings. The van der Waals surface area contributed by atoms with Crippen molar-refractivity contribution < 1.29 is 35.4 Å². The summed E-state index contributed by atoms with van der Waals surface area (Å²) in [6.45, 7) is 1.04. The van der Waals surface area contributed by atoms with E-state index in [1.54, 1.807) is 0 Å². The molecule has 7 unspecified atom stereocenters. The average molecular weight is 280 g/mol. The molecule has 7 heteroatoms. The van der Waals surface area contributed by atoms with Crippen molar-refractivity contribution in [1.82, 2.24) is 0 Å². The summed E-state index contributed by atoms with van der Waals surface area (Å²) in [5, 5.41) is 56.5. The molecule has 1 saturated heterocycles. The number of ether oxygens (including phenoxy) is 1. The first-order chi connectivity index (χ1) is 8.88. The predicted molar refractivity (Wildman–Crippen MR) is 65.3 cm³/mol. The van der Waals surface area contributed by atoms with Gasteiger partial charge in [-0.2, -0.15) is 0 Å². The van der Waals surface area contributed by atoms with Crippen LogP contribution in [0.1, 0.15) is 26.2 Å². The zero-order valence-electron chi connectivity index (χ0n) is 11.0. The molecule has 0 aromatic carbocycles. The van der Waals surface area contributed by atoms with Crippen LogP contribution in [0.15, 0.2) is 0 Å². The van der Waals surface area contributed by atoms with Crippen LogP contribution >= 0.6 is 0 Å². The van der Waals surface area contributed by atoms with Gasteiger partial charge in [-0.05, 0) is 26.2 Å². The highest BCUT2D eigenvalue weighted by Gasteiger charge is 2.42. The van der Waals surface area contributed by atoms with Gasteiger partial charge < -0.3 is 35.4 Å². The smallest absolute Gasteiger partial charge is 0.111 e. The summed E-state index contributed by atoms with van der Waals surface area (Å²) < 4.78 is 5.32. The van der Waals surface area contributed by atoms with E-state index in [2.05, 4.69) is 0 Å². The van der Waals surface area contributed by atoms with E-state index in [9.17, 15) is 20.4 Å². The fourth-order valence-electron chi connectivity index (χ4n) is 2.19. The Labute approximate surface area is 112 Å². The summed E-state index contributed by atoms with van der Waals surface area (Å²) >= 11 is 0. The van der Waals surface area contributed by atoms with Crippen molar-refractivity contribution >= 4 is 0 Å². The minimum Gasteiger partial charge on any atom is -0.394 e. The summed E-state index contributed by atoms with van der Waals surface area (Å²) in [7, 11) is 0. The van der Waals surface area contributed by atoms with Crippen molar-refractivity contribution in [2.75, 3.05) is 6.61 Å². The van der Waals surface area contributed by atoms with Gasteiger partial charge in [-0.15, -0.1) is 0 Å². The van der Waals surface area contributed by atoms with Crippen LogP contribution in [0.5, 0.6) is 0 Å². The highest BCUT2D eigenvalue weighted by Crippen LogP contribution is 2.24. The third kappa shape index (κ3) is 4.35. The molecule has 1 fully saturated rings. The van der Waals surface area contributed by atoms with Gasteiger partial charge in [0, 0.05) is 0 Å². The molecule has 0 aliphatic carbocycles. The highest BCUT2D eigenvalue weighted by molar-refractivity contribution is 4.91. The second kappa shape index (κ2) is 7.49. The number of hydrogen-bond acceptors (Lipinski definition) is 7. The van der Waals surface area contributed by atoms with Crippen LogP contribution < -0.4 is 0 Å². The van der Waals surface area contributed by atoms with Gasteiger partial charge in [0.05, 0.1) is 24.9 Å². The van der Waals surface area contributed by atoms with Gasteiger partial charge in [0.1, 0.15) is 24.4 Å². The third-order valence-corrected chi connectivity index (χ3v) is 3.54. The number of aliphatic hydroxyl groups is 6. The first-order valence-electron chi connectivity index (χ1n) is 6.55. The Hall–Kier alpha value is -0.280. The second-order valence-corrected chi connectivity index (χ2v) is 5.11. The summed E-state index contributed by atoms with van der Waals surface area (Å²) in [6, 6.07) is 0. The third-order valence-electron chi connectivity index (χ3n) is 3.54. The Morgan fingerprint density at radius 3 is 2.11 bits per heavy atom. The molecule has 114 valence electrons. The topological polar surface area (TPSA) is 131 Å². The number of aliphatic hydroxyl groups excluding tert-OH is 6. The molecule has 0 saturated carbocycles. The maximum Gasteiger partial charge on any atom is 0.111 e. The van der Waals surface area contributed by atoms with E-state index in [1.807, 2.05) is 0 Å². The van der Waals surface area contributed by atoms with Crippen molar-refractivity contribution in [2.24, 2.45) is 0 Å². The largest absolute Gasteiger partial charge is 0.394 e. The van der Waals surface area contributed by atoms with Crippen LogP contribution in [0.25, 0.3) is 0 Å². The van der Waals surface area contributed by atoms with Crippen LogP contribution in [0, 0.1) is 0 Å². The Balaban J connectivity index is 2.44. The Kier molecular flexibility index (Phi) is 6.61. The van der Waals surface area contributed by atoms with Gasteiger partial charge in [0.25, 0.3) is 0 Å².